The van der Waals surface area contributed by atoms with Crippen LogP contribution in [0.25, 0.3) is 22.0 Å². The summed E-state index contributed by atoms with van der Waals surface area (Å²) in [6, 6.07) is 5.57. The van der Waals surface area contributed by atoms with Gasteiger partial charge in [0.1, 0.15) is 29.0 Å². The summed E-state index contributed by atoms with van der Waals surface area (Å²) >= 11 is 0. The lowest BCUT2D eigenvalue weighted by molar-refractivity contribution is 0.0124. The molecule has 1 saturated heterocycles. The summed E-state index contributed by atoms with van der Waals surface area (Å²) in [7, 11) is 1.46. The minimum Gasteiger partial charge on any atom is -0.496 e. The van der Waals surface area contributed by atoms with Crippen LogP contribution in [0.2, 0.25) is 0 Å². The van der Waals surface area contributed by atoms with Gasteiger partial charge in [0.2, 0.25) is 0 Å². The molecule has 1 N–H and O–H groups in total. The van der Waals surface area contributed by atoms with Crippen LogP contribution in [-0.2, 0) is 4.74 Å². The lowest BCUT2D eigenvalue weighted by Gasteiger charge is -2.36. The molecule has 34 heavy (non-hydrogen) atoms. The van der Waals surface area contributed by atoms with Crippen molar-refractivity contribution in [2.45, 2.75) is 45.0 Å². The predicted molar refractivity (Wildman–Crippen MR) is 124 cm³/mol. The number of nitrogens with one attached hydrogen (secondary N) is 1. The summed E-state index contributed by atoms with van der Waals surface area (Å²) in [5, 5.41) is 13.3. The number of fused-ring (bicyclic) bond motifs is 1. The first-order valence-corrected chi connectivity index (χ1v) is 11.0. The van der Waals surface area contributed by atoms with E-state index < -0.39 is 29.7 Å². The highest BCUT2D eigenvalue weighted by molar-refractivity contribution is 6.00. The van der Waals surface area contributed by atoms with E-state index in [1.54, 1.807) is 45.3 Å². The largest absolute Gasteiger partial charge is 0.496 e. The zero-order valence-electron chi connectivity index (χ0n) is 19.5. The van der Waals surface area contributed by atoms with Crippen LogP contribution in [0.4, 0.5) is 19.4 Å². The number of rotatable bonds is 4. The predicted octanol–water partition coefficient (Wildman–Crippen LogP) is 4.60. The third-order valence-electron chi connectivity index (χ3n) is 5.39. The standard InChI is InChI=1S/C24H27F2N5O3/c1-24(2,3)34-23(32)31-12-15(26)9-16(13-31)28-22-19-11-27-8-7-17(19)21(29-30-22)18-6-5-14(25)10-20(18)33-4/h5-8,10-11,15-16H,9,12-13H2,1-4H3,(H,28,30)/t15-,16-/m1/s1. The first kappa shape index (κ1) is 23.6. The van der Waals surface area contributed by atoms with E-state index in [2.05, 4.69) is 20.5 Å². The average molecular weight is 472 g/mol. The van der Waals surface area contributed by atoms with E-state index >= 15 is 0 Å². The molecule has 180 valence electrons. The molecule has 0 saturated carbocycles. The van der Waals surface area contributed by atoms with Crippen LogP contribution in [0, 0.1) is 5.82 Å². The summed E-state index contributed by atoms with van der Waals surface area (Å²) in [6.07, 6.45) is 1.69. The van der Waals surface area contributed by atoms with Gasteiger partial charge < -0.3 is 19.7 Å². The second kappa shape index (κ2) is 9.36. The Morgan fingerprint density at radius 3 is 2.71 bits per heavy atom. The van der Waals surface area contributed by atoms with Gasteiger partial charge in [0, 0.05) is 53.8 Å². The van der Waals surface area contributed by atoms with Crippen LogP contribution in [-0.4, -0.2) is 64.2 Å². The maximum atomic E-state index is 14.5. The molecule has 0 aliphatic carbocycles. The van der Waals surface area contributed by atoms with Crippen LogP contribution in [0.3, 0.4) is 0 Å². The zero-order valence-corrected chi connectivity index (χ0v) is 19.5. The topological polar surface area (TPSA) is 89.5 Å². The van der Waals surface area contributed by atoms with Crippen LogP contribution < -0.4 is 10.1 Å². The third kappa shape index (κ3) is 5.16. The summed E-state index contributed by atoms with van der Waals surface area (Å²) in [5.41, 5.74) is 0.410. The second-order valence-corrected chi connectivity index (χ2v) is 9.22. The van der Waals surface area contributed by atoms with E-state index in [1.807, 2.05) is 0 Å². The van der Waals surface area contributed by atoms with Crippen molar-refractivity contribution in [3.05, 3.63) is 42.5 Å². The van der Waals surface area contributed by atoms with Crippen molar-refractivity contribution in [2.75, 3.05) is 25.5 Å². The first-order valence-electron chi connectivity index (χ1n) is 11.0. The van der Waals surface area contributed by atoms with Gasteiger partial charge in [0.15, 0.2) is 5.82 Å². The smallest absolute Gasteiger partial charge is 0.410 e. The molecule has 3 aromatic rings. The fraction of sp³-hybridized carbons (Fsp3) is 0.417. The summed E-state index contributed by atoms with van der Waals surface area (Å²) < 4.78 is 38.9. The van der Waals surface area contributed by atoms with Crippen molar-refractivity contribution in [1.82, 2.24) is 20.1 Å². The summed E-state index contributed by atoms with van der Waals surface area (Å²) in [6.45, 7) is 5.54. The zero-order chi connectivity index (χ0) is 24.5. The number of hydrogen-bond donors (Lipinski definition) is 1. The molecule has 2 aromatic heterocycles. The van der Waals surface area contributed by atoms with E-state index in [0.29, 0.717) is 33.6 Å². The Bertz CT molecular complexity index is 1200. The number of nitrogens with zero attached hydrogens (tertiary/aromatic N) is 4. The number of carbonyl (C=O) groups excluding carboxylic acids is 1. The maximum absolute atomic E-state index is 14.5. The molecule has 1 aliphatic heterocycles. The van der Waals surface area contributed by atoms with Crippen LogP contribution in [0.5, 0.6) is 5.75 Å². The lowest BCUT2D eigenvalue weighted by atomic mass is 10.0. The Labute approximate surface area is 196 Å². The van der Waals surface area contributed by atoms with Crippen molar-refractivity contribution in [3.63, 3.8) is 0 Å². The molecule has 1 amide bonds. The maximum Gasteiger partial charge on any atom is 0.410 e. The van der Waals surface area contributed by atoms with Crippen LogP contribution in [0.15, 0.2) is 36.7 Å². The van der Waals surface area contributed by atoms with E-state index in [9.17, 15) is 13.6 Å². The molecule has 8 nitrogen and oxygen atoms in total. The summed E-state index contributed by atoms with van der Waals surface area (Å²) in [4.78, 5) is 18.1. The molecule has 0 unspecified atom stereocenters. The number of likely N-dealkylation sites (tertiary alicyclic amines) is 1. The Kier molecular flexibility index (Phi) is 6.49. The van der Waals surface area contributed by atoms with Crippen LogP contribution in [0.1, 0.15) is 27.2 Å². The van der Waals surface area contributed by atoms with Crippen molar-refractivity contribution >= 4 is 22.7 Å². The van der Waals surface area contributed by atoms with E-state index in [0.717, 1.165) is 0 Å². The number of piperidine rings is 1. The highest BCUT2D eigenvalue weighted by Crippen LogP contribution is 2.35. The van der Waals surface area contributed by atoms with Gasteiger partial charge in [0.05, 0.1) is 13.7 Å². The van der Waals surface area contributed by atoms with Gasteiger partial charge >= 0.3 is 6.09 Å². The molecule has 1 aliphatic rings. The minimum atomic E-state index is -1.21. The monoisotopic (exact) mass is 471 g/mol. The number of amides is 1. The number of pyridine rings is 1. The number of alkyl halides is 1. The SMILES string of the molecule is COc1cc(F)ccc1-c1nnc(N[C@@H]2C[C@@H](F)CN(C(=O)OC(C)(C)C)C2)c2cnccc12. The number of anilines is 1. The average Bonchev–Trinajstić information content (AvgIpc) is 2.78. The van der Waals surface area contributed by atoms with Gasteiger partial charge in [-0.1, -0.05) is 0 Å². The lowest BCUT2D eigenvalue weighted by Crippen LogP contribution is -2.51. The Hall–Kier alpha value is -3.56. The molecule has 3 heterocycles. The molecule has 0 bridgehead atoms. The number of methoxy groups -OCH3 is 1. The number of benzene rings is 1. The van der Waals surface area contributed by atoms with Crippen molar-refractivity contribution in [2.24, 2.45) is 0 Å². The molecule has 10 heteroatoms. The van der Waals surface area contributed by atoms with Crippen molar-refractivity contribution in [1.29, 1.82) is 0 Å². The molecule has 0 radical (unpaired) electrons. The van der Waals surface area contributed by atoms with Gasteiger partial charge in [-0.15, -0.1) is 10.2 Å². The van der Waals surface area contributed by atoms with E-state index in [4.69, 9.17) is 9.47 Å². The van der Waals surface area contributed by atoms with Crippen LogP contribution >= 0.6 is 0 Å². The van der Waals surface area contributed by atoms with Gasteiger partial charge in [0.25, 0.3) is 0 Å². The molecule has 1 aromatic carbocycles. The molecular weight excluding hydrogens is 444 g/mol. The number of aromatic nitrogens is 3. The number of ether oxygens (including phenoxy) is 2. The minimum absolute atomic E-state index is 0.0234. The van der Waals surface area contributed by atoms with Gasteiger partial charge in [-0.05, 0) is 39.0 Å². The van der Waals surface area contributed by atoms with E-state index in [-0.39, 0.29) is 19.5 Å². The number of halogens is 2. The fourth-order valence-electron chi connectivity index (χ4n) is 3.97. The highest BCUT2D eigenvalue weighted by Gasteiger charge is 2.33. The molecule has 2 atom stereocenters. The Morgan fingerprint density at radius 1 is 1.18 bits per heavy atom. The summed E-state index contributed by atoms with van der Waals surface area (Å²) in [5.74, 6) is 0.315. The fourth-order valence-corrected chi connectivity index (χ4v) is 3.97. The Morgan fingerprint density at radius 2 is 1.97 bits per heavy atom. The van der Waals surface area contributed by atoms with Crippen molar-refractivity contribution < 1.29 is 23.0 Å². The van der Waals surface area contributed by atoms with E-state index in [1.165, 1.54) is 24.1 Å². The van der Waals surface area contributed by atoms with Gasteiger partial charge in [-0.25, -0.2) is 13.6 Å². The normalized spacial score (nSPS) is 18.6. The number of hydrogen-bond acceptors (Lipinski definition) is 7. The molecule has 1 fully saturated rings. The Balaban J connectivity index is 1.64. The quantitative estimate of drug-likeness (QED) is 0.595. The number of carbonyl (C=O) groups is 1. The molecular formula is C24H27F2N5O3. The molecule has 4 rings (SSSR count). The van der Waals surface area contributed by atoms with Gasteiger partial charge in [-0.3, -0.25) is 4.98 Å². The van der Waals surface area contributed by atoms with Gasteiger partial charge in [-0.2, -0.15) is 0 Å². The molecule has 0 spiro atoms. The second-order valence-electron chi connectivity index (χ2n) is 9.22. The highest BCUT2D eigenvalue weighted by atomic mass is 19.1. The third-order valence-corrected chi connectivity index (χ3v) is 5.39. The first-order chi connectivity index (χ1) is 16.1. The van der Waals surface area contributed by atoms with Crippen molar-refractivity contribution in [3.8, 4) is 17.0 Å².